The molecule has 0 aliphatic carbocycles. The van der Waals surface area contributed by atoms with E-state index >= 15 is 0 Å². The zero-order valence-electron chi connectivity index (χ0n) is 9.41. The van der Waals surface area contributed by atoms with Crippen molar-refractivity contribution < 1.29 is 14.0 Å². The number of halogens is 1. The maximum Gasteiger partial charge on any atom is 0.256 e. The predicted molar refractivity (Wildman–Crippen MR) is 64.3 cm³/mol. The number of thioether (sulfide) groups is 1. The van der Waals surface area contributed by atoms with E-state index in [0.717, 1.165) is 4.90 Å². The number of hydrogen-bond acceptors (Lipinski definition) is 6. The normalized spacial score (nSPS) is 12.6. The molecule has 2 rings (SSSR count). The Bertz CT molecular complexity index is 503. The third kappa shape index (κ3) is 3.28. The Kier molecular flexibility index (Phi) is 4.29. The zero-order chi connectivity index (χ0) is 13.0. The van der Waals surface area contributed by atoms with Crippen molar-refractivity contribution in [2.75, 3.05) is 6.54 Å². The minimum atomic E-state index is -0.929. The van der Waals surface area contributed by atoms with Gasteiger partial charge in [0.05, 0.1) is 5.75 Å². The van der Waals surface area contributed by atoms with E-state index in [4.69, 9.17) is 10.3 Å². The van der Waals surface area contributed by atoms with E-state index in [9.17, 15) is 9.50 Å². The van der Waals surface area contributed by atoms with Gasteiger partial charge in [0.15, 0.2) is 5.82 Å². The first kappa shape index (κ1) is 13.0. The first-order chi connectivity index (χ1) is 8.69. The van der Waals surface area contributed by atoms with Crippen LogP contribution >= 0.6 is 11.8 Å². The van der Waals surface area contributed by atoms with Crippen LogP contribution in [0.3, 0.4) is 0 Å². The fourth-order valence-corrected chi connectivity index (χ4v) is 1.98. The van der Waals surface area contributed by atoms with Gasteiger partial charge in [-0.25, -0.2) is 4.39 Å². The van der Waals surface area contributed by atoms with Gasteiger partial charge in [-0.05, 0) is 24.3 Å². The van der Waals surface area contributed by atoms with E-state index in [0.29, 0.717) is 11.6 Å². The Morgan fingerprint density at radius 1 is 1.39 bits per heavy atom. The summed E-state index contributed by atoms with van der Waals surface area (Å²) in [5.74, 6) is 0.790. The van der Waals surface area contributed by atoms with Crippen molar-refractivity contribution in [3.05, 3.63) is 41.8 Å². The van der Waals surface area contributed by atoms with E-state index < -0.39 is 6.10 Å². The second kappa shape index (κ2) is 5.94. The highest BCUT2D eigenvalue weighted by Crippen LogP contribution is 2.22. The molecule has 1 aromatic heterocycles. The van der Waals surface area contributed by atoms with E-state index in [-0.39, 0.29) is 18.3 Å². The van der Waals surface area contributed by atoms with Gasteiger partial charge in [-0.15, -0.1) is 11.8 Å². The second-order valence-electron chi connectivity index (χ2n) is 3.54. The molecule has 1 atom stereocenters. The highest BCUT2D eigenvalue weighted by Gasteiger charge is 2.14. The molecule has 0 aliphatic rings. The molecule has 96 valence electrons. The molecule has 5 nitrogen and oxygen atoms in total. The molecule has 1 aromatic carbocycles. The van der Waals surface area contributed by atoms with E-state index in [1.165, 1.54) is 23.9 Å². The molecular weight excluding hydrogens is 257 g/mol. The Hall–Kier alpha value is -1.44. The van der Waals surface area contributed by atoms with Gasteiger partial charge in [0, 0.05) is 11.4 Å². The fraction of sp³-hybridized carbons (Fsp3) is 0.273. The number of aliphatic hydroxyl groups excluding tert-OH is 1. The molecule has 18 heavy (non-hydrogen) atoms. The molecule has 0 radical (unpaired) electrons. The summed E-state index contributed by atoms with van der Waals surface area (Å²) in [7, 11) is 0. The number of benzene rings is 1. The quantitative estimate of drug-likeness (QED) is 0.800. The molecule has 7 heteroatoms. The van der Waals surface area contributed by atoms with Crippen molar-refractivity contribution in [1.29, 1.82) is 0 Å². The minimum absolute atomic E-state index is 0.0345. The third-order valence-electron chi connectivity index (χ3n) is 2.17. The summed E-state index contributed by atoms with van der Waals surface area (Å²) < 4.78 is 17.6. The number of aromatic nitrogens is 2. The van der Waals surface area contributed by atoms with Crippen LogP contribution in [0, 0.1) is 5.82 Å². The second-order valence-corrected chi connectivity index (χ2v) is 4.59. The monoisotopic (exact) mass is 269 g/mol. The molecule has 0 fully saturated rings. The first-order valence-electron chi connectivity index (χ1n) is 5.28. The number of rotatable bonds is 5. The van der Waals surface area contributed by atoms with E-state index in [1.54, 1.807) is 12.1 Å². The van der Waals surface area contributed by atoms with Gasteiger partial charge in [-0.1, -0.05) is 5.16 Å². The molecular formula is C11H12FN3O2S. The Morgan fingerprint density at radius 3 is 2.78 bits per heavy atom. The maximum absolute atomic E-state index is 12.7. The average Bonchev–Trinajstić information content (AvgIpc) is 2.86. The average molecular weight is 269 g/mol. The summed E-state index contributed by atoms with van der Waals surface area (Å²) in [4.78, 5) is 4.92. The van der Waals surface area contributed by atoms with Crippen LogP contribution < -0.4 is 5.73 Å². The lowest BCUT2D eigenvalue weighted by Crippen LogP contribution is -2.11. The van der Waals surface area contributed by atoms with Crippen LogP contribution in [-0.2, 0) is 5.75 Å². The Labute approximate surface area is 107 Å². The predicted octanol–water partition coefficient (Wildman–Crippen LogP) is 1.49. The molecule has 0 spiro atoms. The Balaban J connectivity index is 1.94. The van der Waals surface area contributed by atoms with Gasteiger partial charge in [0.2, 0.25) is 0 Å². The molecule has 3 N–H and O–H groups in total. The van der Waals surface area contributed by atoms with Crippen LogP contribution in [0.15, 0.2) is 33.7 Å². The van der Waals surface area contributed by atoms with Crippen molar-refractivity contribution in [3.63, 3.8) is 0 Å². The number of nitrogens with zero attached hydrogens (tertiary/aromatic N) is 2. The van der Waals surface area contributed by atoms with Crippen LogP contribution in [0.5, 0.6) is 0 Å². The highest BCUT2D eigenvalue weighted by molar-refractivity contribution is 7.98. The number of aliphatic hydroxyl groups is 1. The molecule has 0 saturated carbocycles. The lowest BCUT2D eigenvalue weighted by Gasteiger charge is -1.98. The van der Waals surface area contributed by atoms with Gasteiger partial charge in [-0.2, -0.15) is 4.98 Å². The van der Waals surface area contributed by atoms with Crippen molar-refractivity contribution in [2.24, 2.45) is 5.73 Å². The van der Waals surface area contributed by atoms with Crippen LogP contribution in [0.2, 0.25) is 0 Å². The summed E-state index contributed by atoms with van der Waals surface area (Å²) in [5, 5.41) is 13.1. The third-order valence-corrected chi connectivity index (χ3v) is 3.18. The smallest absolute Gasteiger partial charge is 0.256 e. The zero-order valence-corrected chi connectivity index (χ0v) is 10.2. The van der Waals surface area contributed by atoms with Crippen LogP contribution in [-0.4, -0.2) is 21.8 Å². The summed E-state index contributed by atoms with van der Waals surface area (Å²) in [6.07, 6.45) is -0.929. The van der Waals surface area contributed by atoms with E-state index in [1.807, 2.05) is 0 Å². The van der Waals surface area contributed by atoms with Gasteiger partial charge < -0.3 is 15.4 Å². The Morgan fingerprint density at radius 2 is 2.11 bits per heavy atom. The number of nitrogens with two attached hydrogens (primary N) is 1. The van der Waals surface area contributed by atoms with Crippen molar-refractivity contribution in [1.82, 2.24) is 10.1 Å². The van der Waals surface area contributed by atoms with Gasteiger partial charge in [0.1, 0.15) is 11.9 Å². The highest BCUT2D eigenvalue weighted by atomic mass is 32.2. The lowest BCUT2D eigenvalue weighted by molar-refractivity contribution is 0.141. The van der Waals surface area contributed by atoms with Gasteiger partial charge >= 0.3 is 0 Å². The minimum Gasteiger partial charge on any atom is -0.382 e. The molecule has 0 bridgehead atoms. The molecule has 0 amide bonds. The SMILES string of the molecule is NC[C@H](O)c1nc(CSc2ccc(F)cc2)no1. The van der Waals surface area contributed by atoms with Crippen molar-refractivity contribution >= 4 is 11.8 Å². The maximum atomic E-state index is 12.7. The molecule has 0 aliphatic heterocycles. The topological polar surface area (TPSA) is 85.2 Å². The molecule has 0 saturated heterocycles. The first-order valence-corrected chi connectivity index (χ1v) is 6.26. The summed E-state index contributed by atoms with van der Waals surface area (Å²) >= 11 is 1.45. The molecule has 1 heterocycles. The lowest BCUT2D eigenvalue weighted by atomic mass is 10.4. The summed E-state index contributed by atoms with van der Waals surface area (Å²) in [6.45, 7) is 0.0345. The van der Waals surface area contributed by atoms with Crippen LogP contribution in [0.1, 0.15) is 17.8 Å². The fourth-order valence-electron chi connectivity index (χ4n) is 1.24. The molecule has 0 unspecified atom stereocenters. The number of hydrogen-bond donors (Lipinski definition) is 2. The van der Waals surface area contributed by atoms with Crippen LogP contribution in [0.4, 0.5) is 4.39 Å². The van der Waals surface area contributed by atoms with E-state index in [2.05, 4.69) is 10.1 Å². The summed E-state index contributed by atoms with van der Waals surface area (Å²) in [5.41, 5.74) is 5.27. The van der Waals surface area contributed by atoms with Gasteiger partial charge in [0.25, 0.3) is 5.89 Å². The summed E-state index contributed by atoms with van der Waals surface area (Å²) in [6, 6.07) is 6.13. The largest absolute Gasteiger partial charge is 0.382 e. The van der Waals surface area contributed by atoms with Crippen molar-refractivity contribution in [2.45, 2.75) is 16.8 Å². The molecule has 2 aromatic rings. The van der Waals surface area contributed by atoms with Crippen molar-refractivity contribution in [3.8, 4) is 0 Å². The standard InChI is InChI=1S/C11H12FN3O2S/c12-7-1-3-8(4-2-7)18-6-10-14-11(17-15-10)9(16)5-13/h1-4,9,16H,5-6,13H2/t9-/m0/s1. The van der Waals surface area contributed by atoms with Crippen LogP contribution in [0.25, 0.3) is 0 Å². The van der Waals surface area contributed by atoms with Gasteiger partial charge in [-0.3, -0.25) is 0 Å².